The number of hydrogen-bond acceptors (Lipinski definition) is 4. The van der Waals surface area contributed by atoms with Crippen molar-refractivity contribution in [2.45, 2.75) is 32.9 Å². The zero-order chi connectivity index (χ0) is 29.4. The summed E-state index contributed by atoms with van der Waals surface area (Å²) in [6.07, 6.45) is 0.949. The van der Waals surface area contributed by atoms with Crippen LogP contribution in [0.4, 0.5) is 18.9 Å². The first-order valence-corrected chi connectivity index (χ1v) is 14.5. The Morgan fingerprint density at radius 3 is 2.10 bits per heavy atom. The molecule has 0 aliphatic carbocycles. The number of sulfonamides is 1. The molecule has 0 heterocycles. The molecule has 214 valence electrons. The van der Waals surface area contributed by atoms with E-state index in [1.165, 1.54) is 29.2 Å². The van der Waals surface area contributed by atoms with E-state index in [4.69, 9.17) is 0 Å². The number of anilines is 1. The van der Waals surface area contributed by atoms with Crippen molar-refractivity contribution < 1.29 is 31.2 Å². The lowest BCUT2D eigenvalue weighted by Crippen LogP contribution is -2.53. The van der Waals surface area contributed by atoms with Gasteiger partial charge in [0.1, 0.15) is 18.4 Å². The van der Waals surface area contributed by atoms with Crippen molar-refractivity contribution in [1.82, 2.24) is 10.2 Å². The number of nitrogens with one attached hydrogen (secondary N) is 1. The second-order valence-corrected chi connectivity index (χ2v) is 11.8. The lowest BCUT2D eigenvalue weighted by Gasteiger charge is -2.33. The summed E-state index contributed by atoms with van der Waals surface area (Å²) < 4.78 is 67.2. The standard InChI is InChI=1S/C29H32F3N3O4S/c1-20(2)17-33-29(37)27(15-21-7-5-4-6-8-21)34(18-22-9-11-23(30)12-10-22)28(36)19-35(40(3,38)39)24-13-14-25(31)26(32)16-24/h4-14,16,20,27H,15,17-19H2,1-3H3,(H,33,37)/t27-/m0/s1. The topological polar surface area (TPSA) is 86.8 Å². The first kappa shape index (κ1) is 30.7. The molecular formula is C29H32F3N3O4S. The van der Waals surface area contributed by atoms with E-state index in [0.29, 0.717) is 22.5 Å². The second kappa shape index (κ2) is 13.5. The quantitative estimate of drug-likeness (QED) is 0.349. The number of nitrogens with zero attached hydrogens (tertiary/aromatic N) is 2. The highest BCUT2D eigenvalue weighted by atomic mass is 32.2. The van der Waals surface area contributed by atoms with E-state index in [2.05, 4.69) is 5.32 Å². The van der Waals surface area contributed by atoms with E-state index >= 15 is 0 Å². The Bertz CT molecular complexity index is 1420. The third kappa shape index (κ3) is 8.57. The largest absolute Gasteiger partial charge is 0.354 e. The summed E-state index contributed by atoms with van der Waals surface area (Å²) in [4.78, 5) is 28.6. The second-order valence-electron chi connectivity index (χ2n) is 9.86. The number of benzene rings is 3. The fraction of sp³-hybridized carbons (Fsp3) is 0.310. The summed E-state index contributed by atoms with van der Waals surface area (Å²) in [5.41, 5.74) is 1.01. The van der Waals surface area contributed by atoms with Crippen LogP contribution in [-0.4, -0.2) is 50.5 Å². The SMILES string of the molecule is CC(C)CNC(=O)[C@H](Cc1ccccc1)N(Cc1ccc(F)cc1)C(=O)CN(c1ccc(F)c(F)c1)S(C)(=O)=O. The summed E-state index contributed by atoms with van der Waals surface area (Å²) in [6.45, 7) is 3.25. The molecule has 0 aliphatic heterocycles. The van der Waals surface area contributed by atoms with E-state index in [9.17, 15) is 31.2 Å². The number of carbonyl (C=O) groups excluding carboxylic acids is 2. The number of amides is 2. The van der Waals surface area contributed by atoms with E-state index in [0.717, 1.165) is 24.0 Å². The van der Waals surface area contributed by atoms with Crippen molar-refractivity contribution in [1.29, 1.82) is 0 Å². The molecule has 0 radical (unpaired) electrons. The first-order valence-electron chi connectivity index (χ1n) is 12.6. The predicted octanol–water partition coefficient (Wildman–Crippen LogP) is 4.28. The van der Waals surface area contributed by atoms with Gasteiger partial charge in [-0.15, -0.1) is 0 Å². The third-order valence-corrected chi connectivity index (χ3v) is 7.23. The van der Waals surface area contributed by atoms with Gasteiger partial charge >= 0.3 is 0 Å². The molecule has 11 heteroatoms. The van der Waals surface area contributed by atoms with Crippen LogP contribution in [0, 0.1) is 23.4 Å². The van der Waals surface area contributed by atoms with Crippen molar-refractivity contribution >= 4 is 27.5 Å². The van der Waals surface area contributed by atoms with Gasteiger partial charge in [0.05, 0.1) is 11.9 Å². The van der Waals surface area contributed by atoms with Crippen LogP contribution in [0.1, 0.15) is 25.0 Å². The van der Waals surface area contributed by atoms with Crippen LogP contribution in [0.3, 0.4) is 0 Å². The van der Waals surface area contributed by atoms with E-state index < -0.39 is 51.9 Å². The van der Waals surface area contributed by atoms with Crippen molar-refractivity contribution in [2.75, 3.05) is 23.7 Å². The highest BCUT2D eigenvalue weighted by Gasteiger charge is 2.33. The summed E-state index contributed by atoms with van der Waals surface area (Å²) in [5.74, 6) is -4.04. The Kier molecular flexibility index (Phi) is 10.3. The van der Waals surface area contributed by atoms with Crippen LogP contribution in [-0.2, 0) is 32.6 Å². The fourth-order valence-corrected chi connectivity index (χ4v) is 4.86. The Morgan fingerprint density at radius 2 is 1.52 bits per heavy atom. The van der Waals surface area contributed by atoms with E-state index in [1.807, 2.05) is 19.9 Å². The maximum atomic E-state index is 14.0. The van der Waals surface area contributed by atoms with Crippen molar-refractivity contribution in [3.8, 4) is 0 Å². The average molecular weight is 576 g/mol. The molecule has 7 nitrogen and oxygen atoms in total. The maximum Gasteiger partial charge on any atom is 0.244 e. The molecule has 0 bridgehead atoms. The van der Waals surface area contributed by atoms with Gasteiger partial charge in [-0.05, 0) is 41.3 Å². The number of hydrogen-bond donors (Lipinski definition) is 1. The third-order valence-electron chi connectivity index (χ3n) is 6.09. The summed E-state index contributed by atoms with van der Waals surface area (Å²) in [5, 5.41) is 2.85. The zero-order valence-corrected chi connectivity index (χ0v) is 23.3. The molecule has 40 heavy (non-hydrogen) atoms. The van der Waals surface area contributed by atoms with Gasteiger partial charge in [-0.1, -0.05) is 56.3 Å². The van der Waals surface area contributed by atoms with E-state index in [1.54, 1.807) is 24.3 Å². The van der Waals surface area contributed by atoms with Gasteiger partial charge < -0.3 is 10.2 Å². The molecule has 1 N–H and O–H groups in total. The average Bonchev–Trinajstić information content (AvgIpc) is 2.90. The van der Waals surface area contributed by atoms with Gasteiger partial charge in [-0.3, -0.25) is 13.9 Å². The van der Waals surface area contributed by atoms with E-state index in [-0.39, 0.29) is 24.6 Å². The Balaban J connectivity index is 2.05. The van der Waals surface area contributed by atoms with Crippen molar-refractivity contribution in [2.24, 2.45) is 5.92 Å². The molecule has 0 fully saturated rings. The number of carbonyl (C=O) groups is 2. The zero-order valence-electron chi connectivity index (χ0n) is 22.5. The molecular weight excluding hydrogens is 543 g/mol. The molecule has 3 rings (SSSR count). The van der Waals surface area contributed by atoms with Crippen LogP contribution in [0.15, 0.2) is 72.8 Å². The van der Waals surface area contributed by atoms with Gasteiger partial charge in [0.25, 0.3) is 0 Å². The molecule has 3 aromatic rings. The van der Waals surface area contributed by atoms with Gasteiger partial charge in [0.2, 0.25) is 21.8 Å². The summed E-state index contributed by atoms with van der Waals surface area (Å²) in [7, 11) is -4.13. The minimum atomic E-state index is -4.13. The molecule has 0 aromatic heterocycles. The molecule has 0 saturated carbocycles. The minimum Gasteiger partial charge on any atom is -0.354 e. The van der Waals surface area contributed by atoms with Crippen molar-refractivity contribution in [3.05, 3.63) is 101 Å². The molecule has 1 atom stereocenters. The first-order chi connectivity index (χ1) is 18.8. The molecule has 0 aliphatic rings. The van der Waals surface area contributed by atoms with Gasteiger partial charge in [-0.25, -0.2) is 21.6 Å². The van der Waals surface area contributed by atoms with Crippen LogP contribution in [0.25, 0.3) is 0 Å². The minimum absolute atomic E-state index is 0.113. The van der Waals surface area contributed by atoms with Gasteiger partial charge in [-0.2, -0.15) is 0 Å². The summed E-state index contributed by atoms with van der Waals surface area (Å²) >= 11 is 0. The fourth-order valence-electron chi connectivity index (χ4n) is 4.02. The van der Waals surface area contributed by atoms with Crippen LogP contribution >= 0.6 is 0 Å². The van der Waals surface area contributed by atoms with Crippen molar-refractivity contribution in [3.63, 3.8) is 0 Å². The van der Waals surface area contributed by atoms with Crippen LogP contribution in [0.2, 0.25) is 0 Å². The lowest BCUT2D eigenvalue weighted by atomic mass is 10.0. The lowest BCUT2D eigenvalue weighted by molar-refractivity contribution is -0.140. The Morgan fingerprint density at radius 1 is 0.875 bits per heavy atom. The van der Waals surface area contributed by atoms with Crippen LogP contribution < -0.4 is 9.62 Å². The van der Waals surface area contributed by atoms with Crippen LogP contribution in [0.5, 0.6) is 0 Å². The predicted molar refractivity (Wildman–Crippen MR) is 147 cm³/mol. The van der Waals surface area contributed by atoms with Gasteiger partial charge in [0.15, 0.2) is 11.6 Å². The molecule has 0 unspecified atom stereocenters. The molecule has 3 aromatic carbocycles. The molecule has 0 saturated heterocycles. The van der Waals surface area contributed by atoms with Gasteiger partial charge in [0, 0.05) is 25.6 Å². The molecule has 0 spiro atoms. The molecule has 2 amide bonds. The number of rotatable bonds is 12. The number of halogens is 3. The highest BCUT2D eigenvalue weighted by Crippen LogP contribution is 2.22. The maximum absolute atomic E-state index is 14.0. The monoisotopic (exact) mass is 575 g/mol. The normalized spacial score (nSPS) is 12.2. The Hall–Kier alpha value is -3.86. The Labute approximate surface area is 232 Å². The smallest absolute Gasteiger partial charge is 0.244 e. The summed E-state index contributed by atoms with van der Waals surface area (Å²) in [6, 6.07) is 15.8. The highest BCUT2D eigenvalue weighted by molar-refractivity contribution is 7.92.